The smallest absolute Gasteiger partial charge is 0.320 e. The van der Waals surface area contributed by atoms with Crippen LogP contribution in [-0.4, -0.2) is 21.5 Å². The number of hydrogen-bond donors (Lipinski definition) is 1. The van der Waals surface area contributed by atoms with Gasteiger partial charge in [-0.3, -0.25) is 14.3 Å². The third-order valence-corrected chi connectivity index (χ3v) is 5.06. The second-order valence-electron chi connectivity index (χ2n) is 6.19. The number of nitrogens with one attached hydrogen (secondary N) is 1. The third kappa shape index (κ3) is 5.64. The Morgan fingerprint density at radius 2 is 1.90 bits per heavy atom. The van der Waals surface area contributed by atoms with Crippen LogP contribution >= 0.6 is 11.3 Å². The van der Waals surface area contributed by atoms with E-state index in [1.807, 2.05) is 6.07 Å². The minimum Gasteiger partial charge on any atom is -0.320 e. The van der Waals surface area contributed by atoms with Crippen molar-refractivity contribution in [2.45, 2.75) is 19.6 Å². The quantitative estimate of drug-likeness (QED) is 0.458. The molecule has 3 rings (SSSR count). The summed E-state index contributed by atoms with van der Waals surface area (Å²) in [7, 11) is 0. The summed E-state index contributed by atoms with van der Waals surface area (Å²) in [6, 6.07) is 8.13. The van der Waals surface area contributed by atoms with E-state index < -0.39 is 17.6 Å². The van der Waals surface area contributed by atoms with Crippen molar-refractivity contribution in [3.63, 3.8) is 0 Å². The van der Waals surface area contributed by atoms with Gasteiger partial charge in [-0.2, -0.15) is 18.3 Å². The van der Waals surface area contributed by atoms with Gasteiger partial charge in [-0.25, -0.2) is 0 Å². The Hall–Kier alpha value is -3.20. The fourth-order valence-electron chi connectivity index (χ4n) is 2.47. The van der Waals surface area contributed by atoms with Gasteiger partial charge in [-0.15, -0.1) is 11.3 Å². The minimum atomic E-state index is -4.39. The first-order valence-corrected chi connectivity index (χ1v) is 9.31. The summed E-state index contributed by atoms with van der Waals surface area (Å²) in [6.07, 6.45) is 1.41. The number of halogens is 3. The van der Waals surface area contributed by atoms with E-state index in [0.717, 1.165) is 17.0 Å². The van der Waals surface area contributed by atoms with Crippen molar-refractivity contribution in [1.29, 1.82) is 0 Å². The summed E-state index contributed by atoms with van der Waals surface area (Å²) >= 11 is 1.39. The molecule has 0 aliphatic carbocycles. The van der Waals surface area contributed by atoms with Crippen molar-refractivity contribution in [2.75, 3.05) is 5.32 Å². The lowest BCUT2D eigenvalue weighted by atomic mass is 10.1. The first-order chi connectivity index (χ1) is 13.7. The fraction of sp³-hybridized carbons (Fsp3) is 0.150. The van der Waals surface area contributed by atoms with Crippen LogP contribution in [0.4, 0.5) is 18.9 Å². The number of carbonyl (C=O) groups excluding carboxylic acids is 2. The van der Waals surface area contributed by atoms with Gasteiger partial charge < -0.3 is 5.32 Å². The van der Waals surface area contributed by atoms with Crippen LogP contribution in [0.5, 0.6) is 0 Å². The predicted octanol–water partition coefficient (Wildman–Crippen LogP) is 4.87. The summed E-state index contributed by atoms with van der Waals surface area (Å²) < 4.78 is 39.3. The van der Waals surface area contributed by atoms with E-state index in [1.54, 1.807) is 16.9 Å². The van der Waals surface area contributed by atoms with Gasteiger partial charge in [0.2, 0.25) is 5.91 Å². The highest BCUT2D eigenvalue weighted by atomic mass is 32.1. The van der Waals surface area contributed by atoms with E-state index in [0.29, 0.717) is 22.7 Å². The monoisotopic (exact) mass is 419 g/mol. The van der Waals surface area contributed by atoms with Gasteiger partial charge in [0.15, 0.2) is 5.78 Å². The number of benzene rings is 1. The van der Waals surface area contributed by atoms with Crippen LogP contribution in [-0.2, 0) is 17.5 Å². The van der Waals surface area contributed by atoms with E-state index in [9.17, 15) is 22.8 Å². The summed E-state index contributed by atoms with van der Waals surface area (Å²) in [5.74, 6) is -0.422. The molecule has 9 heteroatoms. The maximum Gasteiger partial charge on any atom is 0.416 e. The average Bonchev–Trinajstić information content (AvgIpc) is 3.30. The van der Waals surface area contributed by atoms with Crippen molar-refractivity contribution < 1.29 is 22.8 Å². The average molecular weight is 419 g/mol. The topological polar surface area (TPSA) is 64.0 Å². The lowest BCUT2D eigenvalue weighted by Gasteiger charge is -2.05. The summed E-state index contributed by atoms with van der Waals surface area (Å²) in [4.78, 5) is 25.0. The van der Waals surface area contributed by atoms with Crippen molar-refractivity contribution >= 4 is 34.8 Å². The van der Waals surface area contributed by atoms with Crippen LogP contribution in [0.1, 0.15) is 32.6 Å². The highest BCUT2D eigenvalue weighted by molar-refractivity contribution is 7.14. The Kier molecular flexibility index (Phi) is 5.97. The standard InChI is InChI=1S/C20H16F3N3O2S/c1-13(27)18-8-7-17(29-18)12-26-11-16(10-24-26)25-19(28)9-4-14-2-5-15(6-3-14)20(21,22)23/h2-11H,12H2,1H3,(H,25,28)/b9-4-. The van der Waals surface area contributed by atoms with Gasteiger partial charge in [-0.1, -0.05) is 12.1 Å². The molecular weight excluding hydrogens is 403 g/mol. The lowest BCUT2D eigenvalue weighted by Crippen LogP contribution is -2.07. The molecule has 5 nitrogen and oxygen atoms in total. The van der Waals surface area contributed by atoms with Crippen LogP contribution in [0, 0.1) is 0 Å². The molecule has 0 aliphatic heterocycles. The molecule has 0 aliphatic rings. The van der Waals surface area contributed by atoms with Crippen molar-refractivity contribution in [3.05, 3.63) is 75.7 Å². The molecule has 0 bridgehead atoms. The molecule has 0 radical (unpaired) electrons. The van der Waals surface area contributed by atoms with Crippen LogP contribution in [0.25, 0.3) is 6.08 Å². The number of aromatic nitrogens is 2. The Bertz CT molecular complexity index is 1050. The van der Waals surface area contributed by atoms with Crippen molar-refractivity contribution in [1.82, 2.24) is 9.78 Å². The molecule has 1 amide bonds. The molecule has 0 unspecified atom stereocenters. The number of carbonyl (C=O) groups is 2. The summed E-state index contributed by atoms with van der Waals surface area (Å²) in [5, 5.41) is 6.80. The second-order valence-corrected chi connectivity index (χ2v) is 7.36. The van der Waals surface area contributed by atoms with Gasteiger partial charge in [-0.05, 0) is 42.8 Å². The molecule has 0 saturated carbocycles. The Morgan fingerprint density at radius 3 is 2.52 bits per heavy atom. The molecule has 1 aromatic carbocycles. The maximum atomic E-state index is 12.5. The molecule has 0 fully saturated rings. The number of hydrogen-bond acceptors (Lipinski definition) is 4. The molecular formula is C20H16F3N3O2S. The van der Waals surface area contributed by atoms with E-state index in [4.69, 9.17) is 0 Å². The van der Waals surface area contributed by atoms with Crippen LogP contribution < -0.4 is 5.32 Å². The number of nitrogens with zero attached hydrogens (tertiary/aromatic N) is 2. The van der Waals surface area contributed by atoms with Gasteiger partial charge in [0, 0.05) is 17.2 Å². The predicted molar refractivity (Wildman–Crippen MR) is 105 cm³/mol. The van der Waals surface area contributed by atoms with Crippen LogP contribution in [0.3, 0.4) is 0 Å². The van der Waals surface area contributed by atoms with Gasteiger partial charge >= 0.3 is 6.18 Å². The zero-order valence-corrected chi connectivity index (χ0v) is 16.1. The van der Waals surface area contributed by atoms with Crippen molar-refractivity contribution in [2.24, 2.45) is 0 Å². The number of ketones is 1. The number of Topliss-reactive ketones (excluding diaryl/α,β-unsaturated/α-hetero) is 1. The SMILES string of the molecule is CC(=O)c1ccc(Cn2cc(NC(=O)/C=C\c3ccc(C(F)(F)F)cc3)cn2)s1. The molecule has 0 spiro atoms. The number of rotatable bonds is 6. The maximum absolute atomic E-state index is 12.5. The van der Waals surface area contributed by atoms with Crippen molar-refractivity contribution in [3.8, 4) is 0 Å². The van der Waals surface area contributed by atoms with E-state index in [2.05, 4.69) is 10.4 Å². The Labute approximate surface area is 168 Å². The second kappa shape index (κ2) is 8.44. The molecule has 2 aromatic heterocycles. The first-order valence-electron chi connectivity index (χ1n) is 8.49. The molecule has 3 aromatic rings. The van der Waals surface area contributed by atoms with Gasteiger partial charge in [0.25, 0.3) is 0 Å². The van der Waals surface area contributed by atoms with E-state index >= 15 is 0 Å². The Morgan fingerprint density at radius 1 is 1.17 bits per heavy atom. The molecule has 1 N–H and O–H groups in total. The minimum absolute atomic E-state index is 0.00880. The molecule has 0 saturated heterocycles. The zero-order chi connectivity index (χ0) is 21.0. The van der Waals surface area contributed by atoms with E-state index in [1.165, 1.54) is 48.7 Å². The summed E-state index contributed by atoms with van der Waals surface area (Å²) in [6.45, 7) is 1.98. The van der Waals surface area contributed by atoms with E-state index in [-0.39, 0.29) is 5.78 Å². The lowest BCUT2D eigenvalue weighted by molar-refractivity contribution is -0.137. The van der Waals surface area contributed by atoms with Gasteiger partial charge in [0.05, 0.1) is 28.9 Å². The fourth-order valence-corrected chi connectivity index (χ4v) is 3.36. The normalized spacial score (nSPS) is 11.7. The molecule has 29 heavy (non-hydrogen) atoms. The largest absolute Gasteiger partial charge is 0.416 e. The molecule has 2 heterocycles. The highest BCUT2D eigenvalue weighted by Gasteiger charge is 2.29. The first kappa shape index (κ1) is 20.5. The number of alkyl halides is 3. The third-order valence-electron chi connectivity index (χ3n) is 3.89. The van der Waals surface area contributed by atoms with Gasteiger partial charge in [0.1, 0.15) is 0 Å². The highest BCUT2D eigenvalue weighted by Crippen LogP contribution is 2.29. The zero-order valence-electron chi connectivity index (χ0n) is 15.2. The van der Waals surface area contributed by atoms with Crippen LogP contribution in [0.15, 0.2) is 54.9 Å². The number of thiophene rings is 1. The molecule has 150 valence electrons. The number of anilines is 1. The Balaban J connectivity index is 1.57. The van der Waals surface area contributed by atoms with Crippen LogP contribution in [0.2, 0.25) is 0 Å². The molecule has 0 atom stereocenters. The number of amides is 1. The summed E-state index contributed by atoms with van der Waals surface area (Å²) in [5.41, 5.74) is 0.214.